The van der Waals surface area contributed by atoms with Gasteiger partial charge in [-0.05, 0) is 55.2 Å². The number of rotatable bonds is 7. The van der Waals surface area contributed by atoms with E-state index in [-0.39, 0.29) is 0 Å². The van der Waals surface area contributed by atoms with Crippen LogP contribution in [0, 0.1) is 6.92 Å². The topological polar surface area (TPSA) is 18.5 Å². The summed E-state index contributed by atoms with van der Waals surface area (Å²) in [7, 11) is -7.04. The van der Waals surface area contributed by atoms with Crippen molar-refractivity contribution in [2.45, 2.75) is 39.7 Å². The Balaban J connectivity index is 2.19. The monoisotopic (exact) mass is 436 g/mol. The largest absolute Gasteiger partial charge is 0.430 e. The van der Waals surface area contributed by atoms with E-state index >= 15 is 0 Å². The molecule has 0 aliphatic heterocycles. The van der Waals surface area contributed by atoms with Gasteiger partial charge in [0.2, 0.25) is 8.32 Å². The summed E-state index contributed by atoms with van der Waals surface area (Å²) < 4.78 is 14.4. The molecule has 0 heterocycles. The lowest BCUT2D eigenvalue weighted by atomic mass is 10.2. The van der Waals surface area contributed by atoms with Crippen molar-refractivity contribution < 1.29 is 8.23 Å². The summed E-state index contributed by atoms with van der Waals surface area (Å²) >= 11 is 0. The van der Waals surface area contributed by atoms with Gasteiger partial charge >= 0.3 is 8.56 Å². The highest BCUT2D eigenvalue weighted by Gasteiger charge is 2.49. The van der Waals surface area contributed by atoms with Gasteiger partial charge in [0.15, 0.2) is 8.32 Å². The highest BCUT2D eigenvalue weighted by atomic mass is 28.5. The Morgan fingerprint density at radius 1 is 0.517 bits per heavy atom. The number of hydrogen-bond acceptors (Lipinski definition) is 2. The lowest BCUT2D eigenvalue weighted by Gasteiger charge is -2.42. The smallest absolute Gasteiger partial charge is 0.386 e. The third kappa shape index (κ3) is 5.24. The molecule has 152 valence electrons. The Labute approximate surface area is 179 Å². The quantitative estimate of drug-likeness (QED) is 0.507. The van der Waals surface area contributed by atoms with Crippen molar-refractivity contribution in [3.8, 4) is 0 Å². The van der Waals surface area contributed by atoms with Crippen LogP contribution >= 0.6 is 0 Å². The zero-order chi connectivity index (χ0) is 21.1. The summed E-state index contributed by atoms with van der Waals surface area (Å²) in [5.41, 5.74) is 1.27. The fourth-order valence-electron chi connectivity index (χ4n) is 3.54. The van der Waals surface area contributed by atoms with Gasteiger partial charge in [-0.25, -0.2) is 0 Å². The van der Waals surface area contributed by atoms with E-state index in [1.165, 1.54) is 21.1 Å². The van der Waals surface area contributed by atoms with Crippen molar-refractivity contribution >= 4 is 40.8 Å². The predicted molar refractivity (Wildman–Crippen MR) is 132 cm³/mol. The second-order valence-corrected chi connectivity index (χ2v) is 20.9. The lowest BCUT2D eigenvalue weighted by molar-refractivity contribution is 0.416. The first-order valence-corrected chi connectivity index (χ1v) is 18.3. The molecule has 3 rings (SSSR count). The highest BCUT2D eigenvalue weighted by Crippen LogP contribution is 2.22. The molecule has 0 atom stereocenters. The predicted octanol–water partition coefficient (Wildman–Crippen LogP) is 4.53. The molecule has 0 amide bonds. The minimum Gasteiger partial charge on any atom is -0.430 e. The Hall–Kier alpha value is -1.77. The molecule has 29 heavy (non-hydrogen) atoms. The normalized spacial score (nSPS) is 12.8. The van der Waals surface area contributed by atoms with E-state index in [9.17, 15) is 0 Å². The molecule has 3 aromatic carbocycles. The van der Waals surface area contributed by atoms with Crippen molar-refractivity contribution in [2.24, 2.45) is 0 Å². The van der Waals surface area contributed by atoms with Crippen molar-refractivity contribution in [2.75, 3.05) is 0 Å². The fraction of sp³-hybridized carbons (Fsp3) is 0.250. The van der Waals surface area contributed by atoms with Crippen LogP contribution in [0.5, 0.6) is 0 Å². The van der Waals surface area contributed by atoms with Crippen molar-refractivity contribution in [1.82, 2.24) is 0 Å². The maximum absolute atomic E-state index is 7.29. The van der Waals surface area contributed by atoms with Gasteiger partial charge < -0.3 is 8.23 Å². The van der Waals surface area contributed by atoms with E-state index in [0.717, 1.165) is 0 Å². The zero-order valence-corrected chi connectivity index (χ0v) is 21.4. The molecule has 0 aliphatic carbocycles. The van der Waals surface area contributed by atoms with Gasteiger partial charge in [0.25, 0.3) is 0 Å². The van der Waals surface area contributed by atoms with Crippen LogP contribution in [0.15, 0.2) is 84.9 Å². The minimum absolute atomic E-state index is 1.18. The van der Waals surface area contributed by atoms with E-state index in [0.29, 0.717) is 0 Å². The van der Waals surface area contributed by atoms with E-state index in [2.05, 4.69) is 125 Å². The molecule has 0 fully saturated rings. The van der Waals surface area contributed by atoms with Gasteiger partial charge in [-0.1, -0.05) is 90.5 Å². The molecular weight excluding hydrogens is 405 g/mol. The Morgan fingerprint density at radius 3 is 1.38 bits per heavy atom. The molecule has 0 spiro atoms. The minimum atomic E-state index is -2.89. The summed E-state index contributed by atoms with van der Waals surface area (Å²) in [6.45, 7) is 13.5. The molecule has 0 saturated carbocycles. The molecule has 0 aromatic heterocycles. The van der Waals surface area contributed by atoms with Crippen LogP contribution in [0.25, 0.3) is 0 Å². The summed E-state index contributed by atoms with van der Waals surface area (Å²) in [5.74, 6) is 0. The summed E-state index contributed by atoms with van der Waals surface area (Å²) in [4.78, 5) is 0. The SMILES string of the molecule is Cc1ccc([Si](C)(C)O[Si](O[Si](C)(C)C)(c2ccccc2)c2ccccc2)cc1. The number of benzene rings is 3. The molecule has 5 heteroatoms. The van der Waals surface area contributed by atoms with Gasteiger partial charge in [0.05, 0.1) is 0 Å². The number of aryl methyl sites for hydroxylation is 1. The van der Waals surface area contributed by atoms with Crippen LogP contribution in [0.3, 0.4) is 0 Å². The van der Waals surface area contributed by atoms with Crippen LogP contribution in [0.1, 0.15) is 5.56 Å². The van der Waals surface area contributed by atoms with Crippen LogP contribution in [0.4, 0.5) is 0 Å². The second kappa shape index (κ2) is 8.54. The van der Waals surface area contributed by atoms with Gasteiger partial charge in [0.1, 0.15) is 0 Å². The second-order valence-electron chi connectivity index (χ2n) is 9.04. The molecule has 2 nitrogen and oxygen atoms in total. The van der Waals surface area contributed by atoms with Crippen LogP contribution in [-0.4, -0.2) is 25.2 Å². The fourth-order valence-corrected chi connectivity index (χ4v) is 15.3. The van der Waals surface area contributed by atoms with Crippen LogP contribution in [0.2, 0.25) is 32.7 Å². The molecule has 3 aromatic rings. The van der Waals surface area contributed by atoms with Crippen molar-refractivity contribution in [3.05, 3.63) is 90.5 Å². The van der Waals surface area contributed by atoms with E-state index in [1.54, 1.807) is 0 Å². The molecule has 0 N–H and O–H groups in total. The Kier molecular flexibility index (Phi) is 6.45. The first-order chi connectivity index (χ1) is 13.6. The van der Waals surface area contributed by atoms with Crippen molar-refractivity contribution in [1.29, 1.82) is 0 Å². The molecule has 0 unspecified atom stereocenters. The molecule has 0 bridgehead atoms. The van der Waals surface area contributed by atoms with Gasteiger partial charge in [-0.2, -0.15) is 0 Å². The average Bonchev–Trinajstić information content (AvgIpc) is 2.68. The van der Waals surface area contributed by atoms with E-state index in [4.69, 9.17) is 8.23 Å². The molecule has 0 aliphatic rings. The van der Waals surface area contributed by atoms with Gasteiger partial charge in [-0.3, -0.25) is 0 Å². The first-order valence-electron chi connectivity index (χ1n) is 10.2. The highest BCUT2D eigenvalue weighted by molar-refractivity contribution is 7.04. The molecular formula is C24H32O2Si3. The summed E-state index contributed by atoms with van der Waals surface area (Å²) in [6.07, 6.45) is 0. The van der Waals surface area contributed by atoms with Crippen LogP contribution < -0.4 is 15.6 Å². The first kappa shape index (κ1) is 21.9. The van der Waals surface area contributed by atoms with Gasteiger partial charge in [-0.15, -0.1) is 0 Å². The third-order valence-corrected chi connectivity index (χ3v) is 15.6. The molecule has 0 saturated heterocycles. The Morgan fingerprint density at radius 2 is 0.966 bits per heavy atom. The Bertz CT molecular complexity index is 878. The zero-order valence-electron chi connectivity index (χ0n) is 18.4. The summed E-state index contributed by atoms with van der Waals surface area (Å²) in [5, 5.41) is 3.66. The van der Waals surface area contributed by atoms with E-state index in [1.807, 2.05) is 0 Å². The maximum Gasteiger partial charge on any atom is 0.386 e. The van der Waals surface area contributed by atoms with E-state index < -0.39 is 25.2 Å². The average molecular weight is 437 g/mol. The van der Waals surface area contributed by atoms with Crippen LogP contribution in [-0.2, 0) is 8.23 Å². The van der Waals surface area contributed by atoms with Crippen molar-refractivity contribution in [3.63, 3.8) is 0 Å². The third-order valence-electron chi connectivity index (χ3n) is 4.90. The molecule has 0 radical (unpaired) electrons. The number of hydrogen-bond donors (Lipinski definition) is 0. The summed E-state index contributed by atoms with van der Waals surface area (Å²) in [6, 6.07) is 30.0. The standard InChI is InChI=1S/C24H32O2Si3/c1-21-17-19-22(20-18-21)28(5,6)26-29(25-27(2,3)4,23-13-9-7-10-14-23)24-15-11-8-12-16-24/h7-20H,1-6H3. The lowest BCUT2D eigenvalue weighted by Crippen LogP contribution is -2.71. The maximum atomic E-state index is 7.29. The van der Waals surface area contributed by atoms with Gasteiger partial charge in [0, 0.05) is 0 Å².